The van der Waals surface area contributed by atoms with Crippen molar-refractivity contribution in [1.29, 1.82) is 0 Å². The van der Waals surface area contributed by atoms with Gasteiger partial charge in [0.15, 0.2) is 0 Å². The molecule has 0 aromatic heterocycles. The zero-order valence-corrected chi connectivity index (χ0v) is 10.9. The van der Waals surface area contributed by atoms with Gasteiger partial charge in [0.25, 0.3) is 0 Å². The van der Waals surface area contributed by atoms with E-state index in [4.69, 9.17) is 16.3 Å². The predicted molar refractivity (Wildman–Crippen MR) is 65.6 cm³/mol. The fraction of sp³-hybridized carbons (Fsp3) is 0.917. The summed E-state index contributed by atoms with van der Waals surface area (Å²) in [7, 11) is 0. The van der Waals surface area contributed by atoms with Crippen LogP contribution in [0.25, 0.3) is 0 Å². The number of alkyl halides is 1. The third-order valence-corrected chi connectivity index (χ3v) is 3.45. The van der Waals surface area contributed by atoms with E-state index in [2.05, 4.69) is 12.2 Å². The minimum atomic E-state index is 0.0449. The van der Waals surface area contributed by atoms with Gasteiger partial charge in [-0.15, -0.1) is 11.6 Å². The fourth-order valence-corrected chi connectivity index (χ4v) is 2.30. The first-order chi connectivity index (χ1) is 7.67. The summed E-state index contributed by atoms with van der Waals surface area (Å²) in [4.78, 5) is 11.8. The molecular weight excluding hydrogens is 226 g/mol. The average molecular weight is 248 g/mol. The summed E-state index contributed by atoms with van der Waals surface area (Å²) in [5.41, 5.74) is 0. The van der Waals surface area contributed by atoms with Gasteiger partial charge < -0.3 is 10.1 Å². The monoisotopic (exact) mass is 247 g/mol. The van der Waals surface area contributed by atoms with Gasteiger partial charge in [0.05, 0.1) is 18.6 Å². The molecule has 1 aliphatic heterocycles. The van der Waals surface area contributed by atoms with E-state index in [0.717, 1.165) is 25.8 Å². The normalized spacial score (nSPS) is 26.7. The second-order valence-corrected chi connectivity index (χ2v) is 4.95. The van der Waals surface area contributed by atoms with E-state index >= 15 is 0 Å². The maximum Gasteiger partial charge on any atom is 0.225 e. The molecule has 0 aliphatic carbocycles. The van der Waals surface area contributed by atoms with Crippen molar-refractivity contribution in [2.75, 3.05) is 19.0 Å². The third-order valence-electron chi connectivity index (χ3n) is 3.23. The number of ether oxygens (including phenoxy) is 1. The van der Waals surface area contributed by atoms with Crippen LogP contribution in [0.15, 0.2) is 0 Å². The van der Waals surface area contributed by atoms with Crippen LogP contribution in [0.2, 0.25) is 0 Å². The Morgan fingerprint density at radius 3 is 2.88 bits per heavy atom. The van der Waals surface area contributed by atoms with Gasteiger partial charge in [0.1, 0.15) is 0 Å². The van der Waals surface area contributed by atoms with E-state index in [1.807, 2.05) is 6.92 Å². The number of nitrogens with one attached hydrogen (secondary N) is 1. The third kappa shape index (κ3) is 4.30. The van der Waals surface area contributed by atoms with Crippen LogP contribution in [-0.4, -0.2) is 31.0 Å². The number of amides is 1. The summed E-state index contributed by atoms with van der Waals surface area (Å²) in [5, 5.41) is 3.00. The first-order valence-electron chi connectivity index (χ1n) is 6.12. The quantitative estimate of drug-likeness (QED) is 0.731. The molecular formula is C12H22ClNO2. The molecule has 1 heterocycles. The van der Waals surface area contributed by atoms with E-state index in [-0.39, 0.29) is 17.9 Å². The van der Waals surface area contributed by atoms with Crippen LogP contribution in [0.4, 0.5) is 0 Å². The van der Waals surface area contributed by atoms with E-state index in [1.165, 1.54) is 0 Å². The van der Waals surface area contributed by atoms with Crippen molar-refractivity contribution >= 4 is 17.5 Å². The van der Waals surface area contributed by atoms with Crippen LogP contribution in [0.1, 0.15) is 33.1 Å². The Hall–Kier alpha value is -0.280. The molecule has 1 fully saturated rings. The highest BCUT2D eigenvalue weighted by molar-refractivity contribution is 6.17. The molecule has 1 N–H and O–H groups in total. The minimum absolute atomic E-state index is 0.0449. The molecule has 1 aliphatic rings. The molecule has 16 heavy (non-hydrogen) atoms. The van der Waals surface area contributed by atoms with Crippen LogP contribution in [0.5, 0.6) is 0 Å². The number of rotatable bonds is 6. The number of carbonyl (C=O) groups is 1. The molecule has 1 amide bonds. The van der Waals surface area contributed by atoms with E-state index in [9.17, 15) is 4.79 Å². The van der Waals surface area contributed by atoms with Crippen molar-refractivity contribution < 1.29 is 9.53 Å². The lowest BCUT2D eigenvalue weighted by Gasteiger charge is -2.16. The van der Waals surface area contributed by atoms with Crippen LogP contribution in [-0.2, 0) is 9.53 Å². The first-order valence-corrected chi connectivity index (χ1v) is 6.66. The summed E-state index contributed by atoms with van der Waals surface area (Å²) < 4.78 is 5.39. The van der Waals surface area contributed by atoms with Crippen molar-refractivity contribution in [3.8, 4) is 0 Å². The number of hydrogen-bond acceptors (Lipinski definition) is 2. The van der Waals surface area contributed by atoms with E-state index < -0.39 is 0 Å². The highest BCUT2D eigenvalue weighted by Crippen LogP contribution is 2.19. The predicted octanol–water partition coefficient (Wildman–Crippen LogP) is 2.18. The second-order valence-electron chi connectivity index (χ2n) is 4.57. The fourth-order valence-electron chi connectivity index (χ4n) is 1.99. The second kappa shape index (κ2) is 7.13. The molecule has 94 valence electrons. The summed E-state index contributed by atoms with van der Waals surface area (Å²) in [6.07, 6.45) is 3.10. The lowest BCUT2D eigenvalue weighted by molar-refractivity contribution is -0.125. The Morgan fingerprint density at radius 1 is 1.62 bits per heavy atom. The molecule has 0 saturated carbocycles. The molecule has 1 rings (SSSR count). The minimum Gasteiger partial charge on any atom is -0.378 e. The highest BCUT2D eigenvalue weighted by Gasteiger charge is 2.28. The van der Waals surface area contributed by atoms with Gasteiger partial charge in [-0.1, -0.05) is 13.3 Å². The van der Waals surface area contributed by atoms with E-state index in [1.54, 1.807) is 0 Å². The maximum atomic E-state index is 11.8. The Bertz CT molecular complexity index is 223. The standard InChI is InChI=1S/C12H22ClNO2/c1-3-10(4-5-13)7-14-12(15)11-6-9(2)16-8-11/h9-11H,3-8H2,1-2H3,(H,14,15). The Balaban J connectivity index is 2.23. The van der Waals surface area contributed by atoms with Crippen molar-refractivity contribution in [3.05, 3.63) is 0 Å². The first kappa shape index (κ1) is 13.8. The molecule has 3 atom stereocenters. The maximum absolute atomic E-state index is 11.8. The van der Waals surface area contributed by atoms with Crippen LogP contribution >= 0.6 is 11.6 Å². The number of carbonyl (C=O) groups excluding carboxylic acids is 1. The Morgan fingerprint density at radius 2 is 2.38 bits per heavy atom. The van der Waals surface area contributed by atoms with Gasteiger partial charge in [-0.25, -0.2) is 0 Å². The van der Waals surface area contributed by atoms with Crippen LogP contribution in [0, 0.1) is 11.8 Å². The van der Waals surface area contributed by atoms with Gasteiger partial charge in [-0.3, -0.25) is 4.79 Å². The number of hydrogen-bond donors (Lipinski definition) is 1. The van der Waals surface area contributed by atoms with Crippen molar-refractivity contribution in [2.45, 2.75) is 39.2 Å². The Labute approximate surface area is 103 Å². The largest absolute Gasteiger partial charge is 0.378 e. The molecule has 0 radical (unpaired) electrons. The molecule has 0 aromatic rings. The summed E-state index contributed by atoms with van der Waals surface area (Å²) in [6, 6.07) is 0. The summed E-state index contributed by atoms with van der Waals surface area (Å²) in [6.45, 7) is 5.45. The molecule has 1 saturated heterocycles. The summed E-state index contributed by atoms with van der Waals surface area (Å²) >= 11 is 5.70. The van der Waals surface area contributed by atoms with Gasteiger partial charge in [0.2, 0.25) is 5.91 Å². The van der Waals surface area contributed by atoms with Crippen molar-refractivity contribution in [1.82, 2.24) is 5.32 Å². The van der Waals surface area contributed by atoms with Gasteiger partial charge >= 0.3 is 0 Å². The lowest BCUT2D eigenvalue weighted by atomic mass is 10.0. The molecule has 0 spiro atoms. The topological polar surface area (TPSA) is 38.3 Å². The average Bonchev–Trinajstić information content (AvgIpc) is 2.70. The van der Waals surface area contributed by atoms with E-state index in [0.29, 0.717) is 18.4 Å². The highest BCUT2D eigenvalue weighted by atomic mass is 35.5. The van der Waals surface area contributed by atoms with Crippen LogP contribution < -0.4 is 5.32 Å². The summed E-state index contributed by atoms with van der Waals surface area (Å²) in [5.74, 6) is 1.35. The van der Waals surface area contributed by atoms with Crippen molar-refractivity contribution in [2.24, 2.45) is 11.8 Å². The van der Waals surface area contributed by atoms with Gasteiger partial charge in [0, 0.05) is 12.4 Å². The Kier molecular flexibility index (Phi) is 6.14. The SMILES string of the molecule is CCC(CCCl)CNC(=O)C1COC(C)C1. The van der Waals surface area contributed by atoms with Gasteiger partial charge in [-0.2, -0.15) is 0 Å². The lowest BCUT2D eigenvalue weighted by Crippen LogP contribution is -2.34. The number of halogens is 1. The molecule has 0 aromatic carbocycles. The zero-order valence-electron chi connectivity index (χ0n) is 10.2. The van der Waals surface area contributed by atoms with Crippen molar-refractivity contribution in [3.63, 3.8) is 0 Å². The molecule has 0 bridgehead atoms. The molecule has 3 nitrogen and oxygen atoms in total. The smallest absolute Gasteiger partial charge is 0.225 e. The molecule has 3 unspecified atom stereocenters. The zero-order chi connectivity index (χ0) is 12.0. The molecule has 4 heteroatoms. The van der Waals surface area contributed by atoms with Crippen LogP contribution in [0.3, 0.4) is 0 Å². The van der Waals surface area contributed by atoms with Gasteiger partial charge in [-0.05, 0) is 25.7 Å².